The molecule has 10 rings (SSSR count). The second-order valence-electron chi connectivity index (χ2n) is 11.4. The van der Waals surface area contributed by atoms with E-state index in [1.54, 1.807) is 0 Å². The number of hydrogen-bond acceptors (Lipinski definition) is 4. The molecule has 45 heavy (non-hydrogen) atoms. The van der Waals surface area contributed by atoms with Crippen molar-refractivity contribution in [3.63, 3.8) is 0 Å². The quantitative estimate of drug-likeness (QED) is 0.210. The van der Waals surface area contributed by atoms with Crippen molar-refractivity contribution >= 4 is 65.7 Å². The van der Waals surface area contributed by atoms with Gasteiger partial charge in [0.1, 0.15) is 22.3 Å². The number of benzene rings is 6. The molecule has 0 bridgehead atoms. The minimum atomic E-state index is 0.611. The van der Waals surface area contributed by atoms with E-state index in [2.05, 4.69) is 83.4 Å². The third-order valence-corrected chi connectivity index (χ3v) is 8.82. The molecule has 5 heteroatoms. The van der Waals surface area contributed by atoms with Crippen LogP contribution < -0.4 is 0 Å². The first-order chi connectivity index (χ1) is 22.3. The Kier molecular flexibility index (Phi) is 4.93. The van der Waals surface area contributed by atoms with Gasteiger partial charge in [0, 0.05) is 49.5 Å². The van der Waals surface area contributed by atoms with Crippen LogP contribution in [0.2, 0.25) is 0 Å². The predicted octanol–water partition coefficient (Wildman–Crippen LogP) is 10.7. The van der Waals surface area contributed by atoms with Crippen molar-refractivity contribution in [1.29, 1.82) is 0 Å². The Labute approximate surface area is 256 Å². The van der Waals surface area contributed by atoms with E-state index in [-0.39, 0.29) is 0 Å². The molecule has 4 heterocycles. The zero-order valence-corrected chi connectivity index (χ0v) is 23.9. The molecule has 0 radical (unpaired) electrons. The minimum absolute atomic E-state index is 0.611. The van der Waals surface area contributed by atoms with Crippen molar-refractivity contribution in [3.8, 4) is 28.5 Å². The maximum absolute atomic E-state index is 6.56. The van der Waals surface area contributed by atoms with Gasteiger partial charge in [-0.1, -0.05) is 97.1 Å². The lowest BCUT2D eigenvalue weighted by Crippen LogP contribution is -2.03. The van der Waals surface area contributed by atoms with Gasteiger partial charge in [0.05, 0.1) is 22.4 Å². The van der Waals surface area contributed by atoms with Crippen molar-refractivity contribution in [2.75, 3.05) is 0 Å². The van der Waals surface area contributed by atoms with Crippen molar-refractivity contribution in [1.82, 2.24) is 14.5 Å². The van der Waals surface area contributed by atoms with E-state index >= 15 is 0 Å². The van der Waals surface area contributed by atoms with Crippen LogP contribution in [-0.2, 0) is 0 Å². The summed E-state index contributed by atoms with van der Waals surface area (Å²) in [6.07, 6.45) is 0. The molecular formula is C40H23N3O2. The largest absolute Gasteiger partial charge is 0.456 e. The Morgan fingerprint density at radius 2 is 0.978 bits per heavy atom. The van der Waals surface area contributed by atoms with Gasteiger partial charge >= 0.3 is 0 Å². The SMILES string of the molecule is c1ccc(-c2cc(-c3ccccc3)nc(-n3c4ccccc4c4cc5c(cc43)oc3ccc4oc6ccccc6c4c35)n2)cc1. The summed E-state index contributed by atoms with van der Waals surface area (Å²) in [6.45, 7) is 0. The third-order valence-electron chi connectivity index (χ3n) is 8.82. The number of hydrogen-bond donors (Lipinski definition) is 0. The molecule has 0 spiro atoms. The molecule has 6 aromatic carbocycles. The van der Waals surface area contributed by atoms with Gasteiger partial charge in [-0.2, -0.15) is 0 Å². The standard InChI is InChI=1S/C40H23N3O2/c1-3-11-24(12-4-1)30-22-31(25-13-5-2-6-14-25)42-40(41-30)43-32-17-9-7-15-26(32)28-21-29-37(23-33(28)43)45-36-20-19-35-38(39(29)36)27-16-8-10-18-34(27)44-35/h1-23H. The molecule has 10 aromatic rings. The summed E-state index contributed by atoms with van der Waals surface area (Å²) in [5, 5.41) is 6.53. The van der Waals surface area contributed by atoms with Gasteiger partial charge in [-0.05, 0) is 36.4 Å². The maximum Gasteiger partial charge on any atom is 0.235 e. The van der Waals surface area contributed by atoms with Gasteiger partial charge < -0.3 is 8.83 Å². The molecule has 5 nitrogen and oxygen atoms in total. The van der Waals surface area contributed by atoms with E-state index in [0.717, 1.165) is 88.2 Å². The van der Waals surface area contributed by atoms with E-state index in [1.165, 1.54) is 0 Å². The fraction of sp³-hybridized carbons (Fsp3) is 0. The molecule has 0 fully saturated rings. The Morgan fingerprint density at radius 1 is 0.400 bits per heavy atom. The van der Waals surface area contributed by atoms with E-state index in [4.69, 9.17) is 18.8 Å². The summed E-state index contributed by atoms with van der Waals surface area (Å²) in [5.41, 5.74) is 9.19. The number of fused-ring (bicyclic) bond motifs is 10. The molecule has 4 aromatic heterocycles. The number of aromatic nitrogens is 3. The molecule has 0 saturated carbocycles. The molecule has 0 aliphatic rings. The van der Waals surface area contributed by atoms with Gasteiger partial charge in [-0.25, -0.2) is 9.97 Å². The summed E-state index contributed by atoms with van der Waals surface area (Å²) in [5.74, 6) is 0.611. The Balaban J connectivity index is 1.31. The summed E-state index contributed by atoms with van der Waals surface area (Å²) in [4.78, 5) is 10.3. The number of para-hydroxylation sites is 2. The fourth-order valence-electron chi connectivity index (χ4n) is 6.81. The Bertz CT molecular complexity index is 2700. The fourth-order valence-corrected chi connectivity index (χ4v) is 6.81. The second-order valence-corrected chi connectivity index (χ2v) is 11.4. The average molecular weight is 578 g/mol. The summed E-state index contributed by atoms with van der Waals surface area (Å²) in [7, 11) is 0. The molecule has 0 unspecified atom stereocenters. The molecule has 210 valence electrons. The first-order valence-corrected chi connectivity index (χ1v) is 15.0. The number of nitrogens with zero attached hydrogens (tertiary/aromatic N) is 3. The van der Waals surface area contributed by atoms with Crippen LogP contribution in [0.4, 0.5) is 0 Å². The van der Waals surface area contributed by atoms with Crippen molar-refractivity contribution < 1.29 is 8.83 Å². The van der Waals surface area contributed by atoms with Crippen molar-refractivity contribution in [2.45, 2.75) is 0 Å². The zero-order valence-electron chi connectivity index (χ0n) is 23.9. The number of rotatable bonds is 3. The molecule has 0 amide bonds. The van der Waals surface area contributed by atoms with Gasteiger partial charge in [0.2, 0.25) is 5.95 Å². The highest BCUT2D eigenvalue weighted by Gasteiger charge is 2.21. The number of furan rings is 2. The molecule has 0 N–H and O–H groups in total. The van der Waals surface area contributed by atoms with Gasteiger partial charge in [0.15, 0.2) is 0 Å². The predicted molar refractivity (Wildman–Crippen MR) is 182 cm³/mol. The van der Waals surface area contributed by atoms with Gasteiger partial charge in [-0.3, -0.25) is 4.57 Å². The molecule has 0 aliphatic carbocycles. The lowest BCUT2D eigenvalue weighted by atomic mass is 10.0. The highest BCUT2D eigenvalue weighted by molar-refractivity contribution is 6.27. The highest BCUT2D eigenvalue weighted by atomic mass is 16.3. The monoisotopic (exact) mass is 577 g/mol. The van der Waals surface area contributed by atoms with E-state index in [1.807, 2.05) is 60.7 Å². The molecule has 0 aliphatic heterocycles. The average Bonchev–Trinajstić information content (AvgIpc) is 3.76. The van der Waals surface area contributed by atoms with Crippen molar-refractivity contribution in [3.05, 3.63) is 140 Å². The van der Waals surface area contributed by atoms with E-state index < -0.39 is 0 Å². The third kappa shape index (κ3) is 3.55. The van der Waals surface area contributed by atoms with Crippen LogP contribution >= 0.6 is 0 Å². The summed E-state index contributed by atoms with van der Waals surface area (Å²) >= 11 is 0. The van der Waals surface area contributed by atoms with E-state index in [9.17, 15) is 0 Å². The van der Waals surface area contributed by atoms with Gasteiger partial charge in [0.25, 0.3) is 0 Å². The molecule has 0 atom stereocenters. The highest BCUT2D eigenvalue weighted by Crippen LogP contribution is 2.43. The van der Waals surface area contributed by atoms with Crippen LogP contribution in [0.25, 0.3) is 94.1 Å². The Hall–Kier alpha value is -6.20. The zero-order chi connectivity index (χ0) is 29.5. The molecule has 0 saturated heterocycles. The van der Waals surface area contributed by atoms with Crippen LogP contribution in [0.5, 0.6) is 0 Å². The van der Waals surface area contributed by atoms with Crippen LogP contribution in [0.15, 0.2) is 148 Å². The van der Waals surface area contributed by atoms with E-state index in [0.29, 0.717) is 5.95 Å². The minimum Gasteiger partial charge on any atom is -0.456 e. The lowest BCUT2D eigenvalue weighted by Gasteiger charge is -2.11. The lowest BCUT2D eigenvalue weighted by molar-refractivity contribution is 0.663. The van der Waals surface area contributed by atoms with Crippen LogP contribution in [-0.4, -0.2) is 14.5 Å². The first-order valence-electron chi connectivity index (χ1n) is 15.0. The second kappa shape index (κ2) is 9.15. The smallest absolute Gasteiger partial charge is 0.235 e. The van der Waals surface area contributed by atoms with Crippen LogP contribution in [0.1, 0.15) is 0 Å². The summed E-state index contributed by atoms with van der Waals surface area (Å²) < 4.78 is 15.0. The van der Waals surface area contributed by atoms with Crippen LogP contribution in [0, 0.1) is 0 Å². The van der Waals surface area contributed by atoms with Gasteiger partial charge in [-0.15, -0.1) is 0 Å². The van der Waals surface area contributed by atoms with Crippen molar-refractivity contribution in [2.24, 2.45) is 0 Å². The summed E-state index contributed by atoms with van der Waals surface area (Å²) in [6, 6.07) is 47.7. The topological polar surface area (TPSA) is 57.0 Å². The first kappa shape index (κ1) is 24.3. The normalized spacial score (nSPS) is 12.0. The maximum atomic E-state index is 6.56. The Morgan fingerprint density at radius 3 is 1.69 bits per heavy atom. The van der Waals surface area contributed by atoms with Crippen LogP contribution in [0.3, 0.4) is 0 Å². The molecular weight excluding hydrogens is 554 g/mol.